The van der Waals surface area contributed by atoms with Crippen molar-refractivity contribution in [1.29, 1.82) is 0 Å². The fraction of sp³-hybridized carbons (Fsp3) is 0.471. The van der Waals surface area contributed by atoms with Crippen molar-refractivity contribution in [2.24, 2.45) is 5.92 Å². The molecule has 0 aliphatic heterocycles. The minimum absolute atomic E-state index is 0.156. The van der Waals surface area contributed by atoms with Crippen molar-refractivity contribution < 1.29 is 23.9 Å². The zero-order valence-electron chi connectivity index (χ0n) is 13.7. The maximum absolute atomic E-state index is 12.0. The summed E-state index contributed by atoms with van der Waals surface area (Å²) in [6.07, 6.45) is 1.62. The molecule has 1 fully saturated rings. The lowest BCUT2D eigenvalue weighted by molar-refractivity contribution is -0.147. The summed E-state index contributed by atoms with van der Waals surface area (Å²) in [4.78, 5) is 32.6. The Kier molecular flexibility index (Phi) is 7.80. The van der Waals surface area contributed by atoms with Gasteiger partial charge in [0.1, 0.15) is 5.78 Å². The molecule has 1 aromatic rings. The zero-order valence-corrected chi connectivity index (χ0v) is 13.7. The highest BCUT2D eigenvalue weighted by molar-refractivity contribution is 5.88. The number of methoxy groups -OCH3 is 2. The largest absolute Gasteiger partial charge is 0.471 e. The summed E-state index contributed by atoms with van der Waals surface area (Å²) in [6.45, 7) is 0.375. The normalized spacial score (nSPS) is 19.9. The third-order valence-electron chi connectivity index (χ3n) is 3.88. The van der Waals surface area contributed by atoms with Crippen LogP contribution >= 0.6 is 0 Å². The van der Waals surface area contributed by atoms with E-state index in [4.69, 9.17) is 9.53 Å². The van der Waals surface area contributed by atoms with Gasteiger partial charge in [-0.05, 0) is 30.5 Å². The van der Waals surface area contributed by atoms with E-state index < -0.39 is 0 Å². The van der Waals surface area contributed by atoms with Crippen LogP contribution < -0.4 is 5.32 Å². The average molecular weight is 321 g/mol. The molecule has 2 atom stereocenters. The standard InChI is InChI=1S/C15H19NO3.C2H4O2/c1-16-12-6-3-10(4-7-12)13-9-11(15(18)19-2)5-8-14(13)17;1-4-2-3/h3-4,6-7,11,13,16H,5,8-9H2,1-2H3;2H,1H3. The molecule has 0 heterocycles. The van der Waals surface area contributed by atoms with Gasteiger partial charge in [-0.15, -0.1) is 0 Å². The molecule has 1 N–H and O–H groups in total. The van der Waals surface area contributed by atoms with E-state index in [0.29, 0.717) is 25.7 Å². The molecule has 6 heteroatoms. The van der Waals surface area contributed by atoms with Crippen molar-refractivity contribution in [2.75, 3.05) is 26.6 Å². The molecule has 1 saturated carbocycles. The molecular weight excluding hydrogens is 298 g/mol. The van der Waals surface area contributed by atoms with Crippen LogP contribution in [0.2, 0.25) is 0 Å². The van der Waals surface area contributed by atoms with Gasteiger partial charge in [-0.2, -0.15) is 0 Å². The predicted octanol–water partition coefficient (Wildman–Crippen LogP) is 2.14. The maximum Gasteiger partial charge on any atom is 0.308 e. The predicted molar refractivity (Wildman–Crippen MR) is 86.2 cm³/mol. The number of carbonyl (C=O) groups excluding carboxylic acids is 3. The number of hydrogen-bond donors (Lipinski definition) is 1. The second-order valence-corrected chi connectivity index (χ2v) is 5.22. The van der Waals surface area contributed by atoms with Crippen molar-refractivity contribution in [3.63, 3.8) is 0 Å². The first-order chi connectivity index (χ1) is 11.1. The van der Waals surface area contributed by atoms with Gasteiger partial charge in [-0.1, -0.05) is 12.1 Å². The number of ether oxygens (including phenoxy) is 2. The van der Waals surface area contributed by atoms with Crippen LogP contribution in [-0.2, 0) is 23.9 Å². The van der Waals surface area contributed by atoms with Gasteiger partial charge < -0.3 is 14.8 Å². The van der Waals surface area contributed by atoms with E-state index in [1.807, 2.05) is 31.3 Å². The highest BCUT2D eigenvalue weighted by atomic mass is 16.5. The first kappa shape index (κ1) is 18.7. The molecular formula is C17H23NO5. The van der Waals surface area contributed by atoms with Crippen LogP contribution in [0.15, 0.2) is 24.3 Å². The van der Waals surface area contributed by atoms with Crippen molar-refractivity contribution in [1.82, 2.24) is 0 Å². The Morgan fingerprint density at radius 2 is 1.87 bits per heavy atom. The fourth-order valence-electron chi connectivity index (χ4n) is 2.61. The number of ketones is 1. The smallest absolute Gasteiger partial charge is 0.308 e. The van der Waals surface area contributed by atoms with Crippen LogP contribution in [0.3, 0.4) is 0 Å². The first-order valence-corrected chi connectivity index (χ1v) is 7.42. The van der Waals surface area contributed by atoms with Gasteiger partial charge in [0, 0.05) is 25.1 Å². The Morgan fingerprint density at radius 1 is 1.26 bits per heavy atom. The molecule has 2 rings (SSSR count). The minimum atomic E-state index is -0.204. The van der Waals surface area contributed by atoms with Gasteiger partial charge in [0.15, 0.2) is 0 Å². The van der Waals surface area contributed by atoms with Crippen molar-refractivity contribution in [3.8, 4) is 0 Å². The van der Waals surface area contributed by atoms with E-state index in [1.165, 1.54) is 14.2 Å². The minimum Gasteiger partial charge on any atom is -0.471 e. The van der Waals surface area contributed by atoms with E-state index in [1.54, 1.807) is 0 Å². The molecule has 1 aliphatic carbocycles. The van der Waals surface area contributed by atoms with Crippen LogP contribution in [0.25, 0.3) is 0 Å². The number of nitrogens with one attached hydrogen (secondary N) is 1. The summed E-state index contributed by atoms with van der Waals surface area (Å²) >= 11 is 0. The molecule has 1 aromatic carbocycles. The second kappa shape index (κ2) is 9.61. The van der Waals surface area contributed by atoms with E-state index in [0.717, 1.165) is 11.3 Å². The Bertz CT molecular complexity index is 526. The number of Topliss-reactive ketones (excluding diaryl/α,β-unsaturated/α-hetero) is 1. The second-order valence-electron chi connectivity index (χ2n) is 5.22. The van der Waals surface area contributed by atoms with E-state index in [2.05, 4.69) is 10.1 Å². The molecule has 0 spiro atoms. The van der Waals surface area contributed by atoms with Crippen molar-refractivity contribution in [3.05, 3.63) is 29.8 Å². The topological polar surface area (TPSA) is 81.7 Å². The number of esters is 1. The Balaban J connectivity index is 0.000000593. The molecule has 0 amide bonds. The highest BCUT2D eigenvalue weighted by Gasteiger charge is 2.33. The van der Waals surface area contributed by atoms with Crippen LogP contribution in [-0.4, -0.2) is 39.5 Å². The third kappa shape index (κ3) is 5.39. The van der Waals surface area contributed by atoms with E-state index in [-0.39, 0.29) is 23.6 Å². The van der Waals surface area contributed by atoms with Gasteiger partial charge in [0.2, 0.25) is 0 Å². The lowest BCUT2D eigenvalue weighted by Crippen LogP contribution is -2.28. The molecule has 6 nitrogen and oxygen atoms in total. The molecule has 0 aromatic heterocycles. The van der Waals surface area contributed by atoms with Crippen LogP contribution in [0.5, 0.6) is 0 Å². The first-order valence-electron chi connectivity index (χ1n) is 7.42. The summed E-state index contributed by atoms with van der Waals surface area (Å²) in [6, 6.07) is 7.80. The van der Waals surface area contributed by atoms with E-state index in [9.17, 15) is 9.59 Å². The summed E-state index contributed by atoms with van der Waals surface area (Å²) in [5, 5.41) is 3.05. The van der Waals surface area contributed by atoms with E-state index >= 15 is 0 Å². The summed E-state index contributed by atoms with van der Waals surface area (Å²) in [7, 11) is 4.57. The number of rotatable bonds is 4. The molecule has 2 unspecified atom stereocenters. The SMILES string of the molecule is CNc1ccc(C2CC(C(=O)OC)CCC2=O)cc1.COC=O. The Morgan fingerprint density at radius 3 is 2.35 bits per heavy atom. The van der Waals surface area contributed by atoms with Crippen LogP contribution in [0.4, 0.5) is 5.69 Å². The zero-order chi connectivity index (χ0) is 17.2. The lowest BCUT2D eigenvalue weighted by atomic mass is 9.77. The lowest BCUT2D eigenvalue weighted by Gasteiger charge is -2.26. The maximum atomic E-state index is 12.0. The molecule has 0 saturated heterocycles. The summed E-state index contributed by atoms with van der Waals surface area (Å²) in [5.41, 5.74) is 1.99. The summed E-state index contributed by atoms with van der Waals surface area (Å²) < 4.78 is 8.65. The highest BCUT2D eigenvalue weighted by Crippen LogP contribution is 2.34. The number of benzene rings is 1. The monoisotopic (exact) mass is 321 g/mol. The van der Waals surface area contributed by atoms with Gasteiger partial charge in [-0.25, -0.2) is 0 Å². The fourth-order valence-corrected chi connectivity index (χ4v) is 2.61. The molecule has 23 heavy (non-hydrogen) atoms. The molecule has 126 valence electrons. The van der Waals surface area contributed by atoms with Gasteiger partial charge >= 0.3 is 5.97 Å². The van der Waals surface area contributed by atoms with Crippen molar-refractivity contribution >= 4 is 23.9 Å². The quantitative estimate of drug-likeness (QED) is 0.676. The number of carbonyl (C=O) groups is 3. The Labute approximate surface area is 136 Å². The van der Waals surface area contributed by atoms with Gasteiger partial charge in [-0.3, -0.25) is 14.4 Å². The van der Waals surface area contributed by atoms with Crippen molar-refractivity contribution in [2.45, 2.75) is 25.2 Å². The average Bonchev–Trinajstić information content (AvgIpc) is 2.61. The van der Waals surface area contributed by atoms with Crippen LogP contribution in [0, 0.1) is 5.92 Å². The van der Waals surface area contributed by atoms with Gasteiger partial charge in [0.25, 0.3) is 6.47 Å². The molecule has 0 radical (unpaired) electrons. The van der Waals surface area contributed by atoms with Crippen LogP contribution in [0.1, 0.15) is 30.7 Å². The number of hydrogen-bond acceptors (Lipinski definition) is 6. The molecule has 1 aliphatic rings. The number of anilines is 1. The Hall–Kier alpha value is -2.37. The third-order valence-corrected chi connectivity index (χ3v) is 3.88. The molecule has 0 bridgehead atoms. The summed E-state index contributed by atoms with van der Waals surface area (Å²) in [5.74, 6) is -0.317. The van der Waals surface area contributed by atoms with Gasteiger partial charge in [0.05, 0.1) is 20.1 Å².